The van der Waals surface area contributed by atoms with Crippen molar-refractivity contribution in [3.63, 3.8) is 0 Å². The van der Waals surface area contributed by atoms with Crippen LogP contribution in [0.1, 0.15) is 52.7 Å². The highest BCUT2D eigenvalue weighted by atomic mass is 28.3. The molecule has 0 amide bonds. The molecule has 0 spiro atoms. The molecular formula is C40H44N4OSi. The molecule has 3 aromatic carbocycles. The van der Waals surface area contributed by atoms with Crippen molar-refractivity contribution in [3.05, 3.63) is 108 Å². The molecule has 0 aliphatic rings. The summed E-state index contributed by atoms with van der Waals surface area (Å²) in [7, 11) is -1.47. The van der Waals surface area contributed by atoms with E-state index in [1.165, 1.54) is 10.8 Å². The summed E-state index contributed by atoms with van der Waals surface area (Å²) in [5.74, 6) is 0.840. The molecule has 3 aromatic heterocycles. The van der Waals surface area contributed by atoms with Crippen LogP contribution in [0.5, 0.6) is 5.75 Å². The molecule has 46 heavy (non-hydrogen) atoms. The van der Waals surface area contributed by atoms with Crippen molar-refractivity contribution < 1.29 is 5.11 Å². The van der Waals surface area contributed by atoms with Crippen LogP contribution in [-0.4, -0.2) is 32.7 Å². The van der Waals surface area contributed by atoms with Crippen LogP contribution < -0.4 is 5.19 Å². The molecule has 234 valence electrons. The van der Waals surface area contributed by atoms with E-state index >= 15 is 0 Å². The zero-order valence-electron chi connectivity index (χ0n) is 28.5. The van der Waals surface area contributed by atoms with Crippen molar-refractivity contribution in [2.24, 2.45) is 0 Å². The van der Waals surface area contributed by atoms with Gasteiger partial charge in [0.25, 0.3) is 0 Å². The van der Waals surface area contributed by atoms with E-state index in [0.717, 1.165) is 44.8 Å². The number of phenolic OH excluding ortho intramolecular Hbond substituents is 1. The van der Waals surface area contributed by atoms with E-state index < -0.39 is 8.07 Å². The molecule has 5 nitrogen and oxygen atoms in total. The summed E-state index contributed by atoms with van der Waals surface area (Å²) in [6, 6.07) is 29.2. The van der Waals surface area contributed by atoms with Crippen LogP contribution in [0.15, 0.2) is 97.3 Å². The Morgan fingerprint density at radius 1 is 0.674 bits per heavy atom. The Bertz CT molecular complexity index is 2040. The lowest BCUT2D eigenvalue weighted by atomic mass is 9.83. The highest BCUT2D eigenvalue weighted by Crippen LogP contribution is 2.40. The first-order chi connectivity index (χ1) is 21.6. The average Bonchev–Trinajstić information content (AvgIpc) is 3.40. The van der Waals surface area contributed by atoms with E-state index in [1.54, 1.807) is 6.07 Å². The van der Waals surface area contributed by atoms with Gasteiger partial charge in [-0.3, -0.25) is 9.55 Å². The predicted octanol–water partition coefficient (Wildman–Crippen LogP) is 9.66. The lowest BCUT2D eigenvalue weighted by Crippen LogP contribution is -2.37. The molecule has 0 fully saturated rings. The number of rotatable bonds is 5. The van der Waals surface area contributed by atoms with Gasteiger partial charge >= 0.3 is 0 Å². The lowest BCUT2D eigenvalue weighted by Gasteiger charge is -2.22. The highest BCUT2D eigenvalue weighted by molar-refractivity contribution is 6.88. The van der Waals surface area contributed by atoms with Gasteiger partial charge in [0.15, 0.2) is 11.5 Å². The molecule has 0 aliphatic heterocycles. The molecule has 0 atom stereocenters. The Kier molecular flexibility index (Phi) is 7.76. The Hall–Kier alpha value is -4.55. The van der Waals surface area contributed by atoms with Gasteiger partial charge in [-0.2, -0.15) is 0 Å². The number of aromatic hydroxyl groups is 1. The van der Waals surface area contributed by atoms with Gasteiger partial charge < -0.3 is 5.11 Å². The fraction of sp³-hybridized carbons (Fsp3) is 0.275. The van der Waals surface area contributed by atoms with E-state index in [2.05, 4.69) is 120 Å². The zero-order chi connectivity index (χ0) is 33.0. The fourth-order valence-electron chi connectivity index (χ4n) is 5.76. The van der Waals surface area contributed by atoms with Crippen LogP contribution in [0.25, 0.3) is 50.6 Å². The third-order valence-corrected chi connectivity index (χ3v) is 10.7. The minimum Gasteiger partial charge on any atom is -0.507 e. The molecule has 0 radical (unpaired) electrons. The van der Waals surface area contributed by atoms with Crippen molar-refractivity contribution in [2.45, 2.75) is 72.0 Å². The number of imidazole rings is 1. The molecule has 0 bridgehead atoms. The number of hydrogen-bond acceptors (Lipinski definition) is 4. The maximum atomic E-state index is 11.2. The smallest absolute Gasteiger partial charge is 0.165 e. The Balaban J connectivity index is 1.62. The van der Waals surface area contributed by atoms with Gasteiger partial charge in [-0.1, -0.05) is 97.6 Å². The maximum absolute atomic E-state index is 11.2. The summed E-state index contributed by atoms with van der Waals surface area (Å²) in [5, 5.41) is 12.6. The van der Waals surface area contributed by atoms with Gasteiger partial charge in [0.2, 0.25) is 0 Å². The number of pyridine rings is 2. The van der Waals surface area contributed by atoms with Gasteiger partial charge in [-0.15, -0.1) is 0 Å². The average molecular weight is 625 g/mol. The van der Waals surface area contributed by atoms with Crippen LogP contribution >= 0.6 is 0 Å². The molecule has 0 unspecified atom stereocenters. The Labute approximate surface area is 274 Å². The standard InChI is InChI=1S/C40H44N4OSi/c1-39(2,3)28-15-18-35(45)33(24-28)37-43-36-32(19-20-41-38(36)44(37)30-13-11-10-12-14-30)26-21-27(23-29(22-26)40(4,5)6)34-17-16-31(25-42-34)46(7,8)9/h10-25,45H,1-9H3. The van der Waals surface area contributed by atoms with Gasteiger partial charge in [0.05, 0.1) is 19.3 Å². The predicted molar refractivity (Wildman–Crippen MR) is 195 cm³/mol. The summed E-state index contributed by atoms with van der Waals surface area (Å²) in [6.45, 7) is 20.3. The minimum atomic E-state index is -1.47. The second kappa shape index (κ2) is 11.4. The molecular weight excluding hydrogens is 581 g/mol. The number of fused-ring (bicyclic) bond motifs is 1. The van der Waals surface area contributed by atoms with Crippen LogP contribution in [0.4, 0.5) is 0 Å². The van der Waals surface area contributed by atoms with Gasteiger partial charge in [-0.25, -0.2) is 9.97 Å². The van der Waals surface area contributed by atoms with Crippen molar-refractivity contribution in [1.29, 1.82) is 0 Å². The summed E-state index contributed by atoms with van der Waals surface area (Å²) in [4.78, 5) is 15.1. The number of hydrogen-bond donors (Lipinski definition) is 1. The number of aromatic nitrogens is 4. The van der Waals surface area contributed by atoms with Gasteiger partial charge in [-0.05, 0) is 81.2 Å². The highest BCUT2D eigenvalue weighted by Gasteiger charge is 2.24. The van der Waals surface area contributed by atoms with Crippen molar-refractivity contribution >= 4 is 24.4 Å². The largest absolute Gasteiger partial charge is 0.507 e. The van der Waals surface area contributed by atoms with Crippen LogP contribution in [0.2, 0.25) is 19.6 Å². The first-order valence-corrected chi connectivity index (χ1v) is 19.5. The number of phenols is 1. The van der Waals surface area contributed by atoms with Crippen LogP contribution in [0, 0.1) is 0 Å². The normalized spacial score (nSPS) is 12.5. The Morgan fingerprint density at radius 3 is 2.00 bits per heavy atom. The zero-order valence-corrected chi connectivity index (χ0v) is 29.5. The molecule has 6 aromatic rings. The van der Waals surface area contributed by atoms with Crippen molar-refractivity contribution in [2.75, 3.05) is 0 Å². The molecule has 6 heteroatoms. The molecule has 3 heterocycles. The van der Waals surface area contributed by atoms with E-state index in [-0.39, 0.29) is 16.6 Å². The van der Waals surface area contributed by atoms with E-state index in [4.69, 9.17) is 15.0 Å². The maximum Gasteiger partial charge on any atom is 0.165 e. The third kappa shape index (κ3) is 6.02. The quantitative estimate of drug-likeness (QED) is 0.194. The topological polar surface area (TPSA) is 63.8 Å². The number of benzene rings is 3. The number of para-hydroxylation sites is 1. The Morgan fingerprint density at radius 2 is 1.37 bits per heavy atom. The monoisotopic (exact) mass is 624 g/mol. The molecule has 0 saturated heterocycles. The second-order valence-corrected chi connectivity index (χ2v) is 20.4. The first-order valence-electron chi connectivity index (χ1n) is 16.0. The molecule has 1 N–H and O–H groups in total. The van der Waals surface area contributed by atoms with Crippen molar-refractivity contribution in [3.8, 4) is 45.2 Å². The SMILES string of the molecule is CC(C)(C)c1cc(-c2ccc([Si](C)(C)C)cn2)cc(-c2ccnc3c2nc(-c2cc(C(C)(C)C)ccc2O)n3-c2ccccc2)c1. The second-order valence-electron chi connectivity index (χ2n) is 15.4. The fourth-order valence-corrected chi connectivity index (χ4v) is 6.80. The summed E-state index contributed by atoms with van der Waals surface area (Å²) in [5.41, 5.74) is 9.36. The molecule has 6 rings (SSSR count). The number of nitrogens with zero attached hydrogens (tertiary/aromatic N) is 4. The van der Waals surface area contributed by atoms with E-state index in [0.29, 0.717) is 11.4 Å². The first kappa shape index (κ1) is 31.4. The third-order valence-electron chi connectivity index (χ3n) is 8.70. The summed E-state index contributed by atoms with van der Waals surface area (Å²) in [6.07, 6.45) is 3.92. The van der Waals surface area contributed by atoms with Gasteiger partial charge in [0, 0.05) is 29.2 Å². The van der Waals surface area contributed by atoms with Crippen molar-refractivity contribution in [1.82, 2.24) is 19.5 Å². The summed E-state index contributed by atoms with van der Waals surface area (Å²) < 4.78 is 2.06. The van der Waals surface area contributed by atoms with Crippen LogP contribution in [0.3, 0.4) is 0 Å². The molecule has 0 saturated carbocycles. The van der Waals surface area contributed by atoms with E-state index in [1.807, 2.05) is 36.5 Å². The molecule has 0 aliphatic carbocycles. The van der Waals surface area contributed by atoms with Gasteiger partial charge in [0.1, 0.15) is 11.3 Å². The lowest BCUT2D eigenvalue weighted by molar-refractivity contribution is 0.475. The van der Waals surface area contributed by atoms with E-state index in [9.17, 15) is 5.11 Å². The minimum absolute atomic E-state index is 0.0804. The van der Waals surface area contributed by atoms with Crippen LogP contribution in [-0.2, 0) is 10.8 Å². The summed E-state index contributed by atoms with van der Waals surface area (Å²) >= 11 is 0.